The third-order valence-electron chi connectivity index (χ3n) is 0.480. The summed E-state index contributed by atoms with van der Waals surface area (Å²) in [5.74, 6) is -0.978. The van der Waals surface area contributed by atoms with Crippen LogP contribution in [0.1, 0.15) is 0 Å². The highest BCUT2D eigenvalue weighted by atomic mass is 35.5. The van der Waals surface area contributed by atoms with Gasteiger partial charge in [0.05, 0.1) is 0 Å². The average Bonchev–Trinajstić information content (AvgIpc) is 1.63. The van der Waals surface area contributed by atoms with Crippen molar-refractivity contribution in [2.24, 2.45) is 0 Å². The fraction of sp³-hybridized carbons (Fsp3) is 0.500. The molecule has 1 aliphatic rings. The van der Waals surface area contributed by atoms with Gasteiger partial charge >= 0.3 is 11.2 Å². The summed E-state index contributed by atoms with van der Waals surface area (Å²) in [7, 11) is 0. The summed E-state index contributed by atoms with van der Waals surface area (Å²) in [5.41, 5.74) is 0. The Morgan fingerprint density at radius 1 is 1.86 bits per heavy atom. The van der Waals surface area contributed by atoms with Gasteiger partial charge in [0.15, 0.2) is 0 Å². The summed E-state index contributed by atoms with van der Waals surface area (Å²) in [6, 6.07) is 0. The van der Waals surface area contributed by atoms with E-state index in [2.05, 4.69) is 9.78 Å². The third-order valence-corrected chi connectivity index (χ3v) is 0.697. The predicted molar refractivity (Wildman–Crippen MR) is 18.0 cm³/mol. The van der Waals surface area contributed by atoms with Crippen molar-refractivity contribution in [1.29, 1.82) is 0 Å². The molecule has 1 aliphatic heterocycles. The van der Waals surface area contributed by atoms with Crippen LogP contribution in [0.4, 0.5) is 0 Å². The lowest BCUT2D eigenvalue weighted by Gasteiger charge is -2.23. The normalized spacial score (nSPS) is 39.4. The number of halogens is 1. The van der Waals surface area contributed by atoms with E-state index in [0.29, 0.717) is 0 Å². The summed E-state index contributed by atoms with van der Waals surface area (Å²) >= 11 is 4.81. The van der Waals surface area contributed by atoms with E-state index in [0.717, 1.165) is 0 Å². The van der Waals surface area contributed by atoms with E-state index in [-0.39, 0.29) is 0 Å². The van der Waals surface area contributed by atoms with Crippen LogP contribution in [-0.2, 0) is 14.6 Å². The van der Waals surface area contributed by atoms with Crippen molar-refractivity contribution in [2.75, 3.05) is 0 Å². The second-order valence-corrected chi connectivity index (χ2v) is 1.53. The number of hydrogen-bond donors (Lipinski definition) is 1. The number of hydrogen-bond acceptors (Lipinski definition) is 4. The van der Waals surface area contributed by atoms with Crippen molar-refractivity contribution in [1.82, 2.24) is 0 Å². The van der Waals surface area contributed by atoms with Gasteiger partial charge in [-0.05, 0) is 11.6 Å². The van der Waals surface area contributed by atoms with Crippen molar-refractivity contribution < 1.29 is 19.7 Å². The van der Waals surface area contributed by atoms with E-state index in [9.17, 15) is 4.79 Å². The maximum absolute atomic E-state index is 9.82. The Hall–Kier alpha value is -0.320. The molecule has 0 aliphatic carbocycles. The van der Waals surface area contributed by atoms with Crippen molar-refractivity contribution in [2.45, 2.75) is 5.25 Å². The Kier molecular flexibility index (Phi) is 0.753. The van der Waals surface area contributed by atoms with Gasteiger partial charge in [-0.3, -0.25) is 4.89 Å². The van der Waals surface area contributed by atoms with Gasteiger partial charge in [-0.1, -0.05) is 0 Å². The van der Waals surface area contributed by atoms with Crippen LogP contribution in [0.5, 0.6) is 0 Å². The van der Waals surface area contributed by atoms with Crippen LogP contribution in [0.2, 0.25) is 0 Å². The highest BCUT2D eigenvalue weighted by Crippen LogP contribution is 2.24. The van der Waals surface area contributed by atoms with Gasteiger partial charge in [0.25, 0.3) is 0 Å². The quantitative estimate of drug-likeness (QED) is 0.345. The lowest BCUT2D eigenvalue weighted by molar-refractivity contribution is -0.426. The van der Waals surface area contributed by atoms with Crippen LogP contribution in [0.3, 0.4) is 0 Å². The minimum absolute atomic E-state index is 0.978. The first kappa shape index (κ1) is 4.83. The fourth-order valence-electron chi connectivity index (χ4n) is 0.144. The summed E-state index contributed by atoms with van der Waals surface area (Å²) in [6.07, 6.45) is 0. The lowest BCUT2D eigenvalue weighted by atomic mass is 10.6. The van der Waals surface area contributed by atoms with Crippen LogP contribution in [0, 0.1) is 0 Å². The first-order valence-corrected chi connectivity index (χ1v) is 1.82. The van der Waals surface area contributed by atoms with Gasteiger partial charge in [0, 0.05) is 0 Å². The zero-order valence-corrected chi connectivity index (χ0v) is 3.81. The monoisotopic (exact) mass is 124 g/mol. The molecule has 4 nitrogen and oxygen atoms in total. The molecule has 1 heterocycles. The largest absolute Gasteiger partial charge is 0.421 e. The minimum Gasteiger partial charge on any atom is -0.342 e. The fourth-order valence-corrected chi connectivity index (χ4v) is 0.207. The first-order chi connectivity index (χ1) is 3.13. The molecule has 0 aromatic heterocycles. The predicted octanol–water partition coefficient (Wildman–Crippen LogP) is -0.640. The van der Waals surface area contributed by atoms with Crippen LogP contribution >= 0.6 is 11.6 Å². The second kappa shape index (κ2) is 1.09. The molecule has 0 spiro atoms. The zero-order valence-electron chi connectivity index (χ0n) is 3.05. The van der Waals surface area contributed by atoms with E-state index in [4.69, 9.17) is 16.7 Å². The summed E-state index contributed by atoms with van der Waals surface area (Å²) in [6.45, 7) is 0. The molecule has 1 rings (SSSR count). The summed E-state index contributed by atoms with van der Waals surface area (Å²) in [5, 5.41) is 6.04. The van der Waals surface area contributed by atoms with Crippen molar-refractivity contribution in [3.05, 3.63) is 0 Å². The molecule has 1 saturated heterocycles. The maximum Gasteiger partial charge on any atom is 0.421 e. The standard InChI is InChI=1S/C2HClO4/c3-2(5)1(4)6-7-2/h5H. The van der Waals surface area contributed by atoms with E-state index in [1.54, 1.807) is 0 Å². The molecule has 0 radical (unpaired) electrons. The average molecular weight is 124 g/mol. The molecule has 0 aromatic carbocycles. The van der Waals surface area contributed by atoms with Crippen molar-refractivity contribution in [3.63, 3.8) is 0 Å². The van der Waals surface area contributed by atoms with E-state index >= 15 is 0 Å². The second-order valence-electron chi connectivity index (χ2n) is 1.02. The highest BCUT2D eigenvalue weighted by molar-refractivity contribution is 6.32. The Bertz CT molecular complexity index is 108. The number of alkyl halides is 1. The topological polar surface area (TPSA) is 55.8 Å². The Morgan fingerprint density at radius 3 is 2.29 bits per heavy atom. The molecule has 0 aromatic rings. The molecule has 1 atom stereocenters. The SMILES string of the molecule is O=C1OOC1(O)Cl. The van der Waals surface area contributed by atoms with Gasteiger partial charge in [-0.25, -0.2) is 4.79 Å². The number of aliphatic hydroxyl groups is 1. The van der Waals surface area contributed by atoms with Crippen LogP contribution in [0.25, 0.3) is 0 Å². The summed E-state index contributed by atoms with van der Waals surface area (Å²) in [4.78, 5) is 17.1. The Balaban J connectivity index is 2.59. The van der Waals surface area contributed by atoms with Gasteiger partial charge in [-0.15, -0.1) is 4.89 Å². The molecule has 1 unspecified atom stereocenters. The van der Waals surface area contributed by atoms with Gasteiger partial charge in [0.1, 0.15) is 0 Å². The molecule has 40 valence electrons. The first-order valence-electron chi connectivity index (χ1n) is 1.44. The Morgan fingerprint density at radius 2 is 2.29 bits per heavy atom. The van der Waals surface area contributed by atoms with Crippen LogP contribution in [-0.4, -0.2) is 16.3 Å². The molecule has 1 fully saturated rings. The highest BCUT2D eigenvalue weighted by Gasteiger charge is 2.50. The molecule has 0 amide bonds. The lowest BCUT2D eigenvalue weighted by Crippen LogP contribution is -2.47. The number of rotatable bonds is 0. The molecular formula is C2HClO4. The van der Waals surface area contributed by atoms with E-state index in [1.165, 1.54) is 0 Å². The molecule has 1 N–H and O–H groups in total. The third kappa shape index (κ3) is 0.564. The van der Waals surface area contributed by atoms with Crippen LogP contribution < -0.4 is 0 Å². The van der Waals surface area contributed by atoms with Gasteiger partial charge < -0.3 is 5.11 Å². The Labute approximate surface area is 43.5 Å². The van der Waals surface area contributed by atoms with E-state index in [1.807, 2.05) is 0 Å². The number of carbonyl (C=O) groups excluding carboxylic acids is 1. The van der Waals surface area contributed by atoms with Gasteiger partial charge in [0.2, 0.25) is 0 Å². The molecular weight excluding hydrogens is 123 g/mol. The molecule has 7 heavy (non-hydrogen) atoms. The van der Waals surface area contributed by atoms with Crippen LogP contribution in [0.15, 0.2) is 0 Å². The number of carbonyl (C=O) groups is 1. The van der Waals surface area contributed by atoms with Crippen molar-refractivity contribution in [3.8, 4) is 0 Å². The van der Waals surface area contributed by atoms with Crippen molar-refractivity contribution >= 4 is 17.6 Å². The molecule has 5 heteroatoms. The minimum atomic E-state index is -2.21. The molecule has 0 bridgehead atoms. The van der Waals surface area contributed by atoms with E-state index < -0.39 is 11.2 Å². The zero-order chi connectivity index (χ0) is 5.49. The maximum atomic E-state index is 9.82. The summed E-state index contributed by atoms with van der Waals surface area (Å²) < 4.78 is 0. The van der Waals surface area contributed by atoms with Gasteiger partial charge in [-0.2, -0.15) is 0 Å². The smallest absolute Gasteiger partial charge is 0.342 e. The molecule has 0 saturated carbocycles.